The Hall–Kier alpha value is -1.34. The van der Waals surface area contributed by atoms with Gasteiger partial charge in [-0.3, -0.25) is 4.79 Å². The standard InChI is InChI=1S/C17H22N2O3S2/c1-12(2)16(20)18-17-19(9-8-13-6-4-3-5-7-13)14-10-24(21,22)11-15(14)23-17/h3-7,12,14-15H,8-11H2,1-2H3/t14-,15+/m1/s1. The average Bonchev–Trinajstić information content (AvgIpc) is 2.97. The molecule has 2 atom stereocenters. The Morgan fingerprint density at radius 3 is 2.67 bits per heavy atom. The molecule has 2 aliphatic rings. The second-order valence-corrected chi connectivity index (χ2v) is 9.98. The number of aliphatic imine (C=N–C) groups is 1. The van der Waals surface area contributed by atoms with Crippen LogP contribution in [-0.4, -0.2) is 53.7 Å². The van der Waals surface area contributed by atoms with Crippen LogP contribution in [0.5, 0.6) is 0 Å². The Kier molecular flexibility index (Phi) is 5.01. The van der Waals surface area contributed by atoms with Crippen molar-refractivity contribution in [3.63, 3.8) is 0 Å². The first kappa shape index (κ1) is 17.5. The van der Waals surface area contributed by atoms with Gasteiger partial charge in [0.1, 0.15) is 0 Å². The summed E-state index contributed by atoms with van der Waals surface area (Å²) in [6, 6.07) is 10.0. The van der Waals surface area contributed by atoms with E-state index < -0.39 is 9.84 Å². The molecule has 0 bridgehead atoms. The third-order valence-corrected chi connectivity index (χ3v) is 7.61. The molecule has 1 amide bonds. The van der Waals surface area contributed by atoms with Gasteiger partial charge >= 0.3 is 0 Å². The van der Waals surface area contributed by atoms with Crippen molar-refractivity contribution in [2.24, 2.45) is 10.9 Å². The van der Waals surface area contributed by atoms with Gasteiger partial charge in [-0.25, -0.2) is 8.42 Å². The maximum Gasteiger partial charge on any atom is 0.250 e. The fourth-order valence-corrected chi connectivity index (χ4v) is 7.00. The second kappa shape index (κ2) is 6.88. The fourth-order valence-electron chi connectivity index (χ4n) is 3.01. The molecular weight excluding hydrogens is 344 g/mol. The van der Waals surface area contributed by atoms with Gasteiger partial charge in [-0.2, -0.15) is 4.99 Å². The lowest BCUT2D eigenvalue weighted by Gasteiger charge is -2.24. The van der Waals surface area contributed by atoms with E-state index in [1.807, 2.05) is 36.9 Å². The predicted octanol–water partition coefficient (Wildman–Crippen LogP) is 1.98. The lowest BCUT2D eigenvalue weighted by atomic mass is 10.1. The highest BCUT2D eigenvalue weighted by Crippen LogP contribution is 2.38. The number of sulfone groups is 1. The van der Waals surface area contributed by atoms with Gasteiger partial charge in [-0.1, -0.05) is 55.9 Å². The number of thioether (sulfide) groups is 1. The molecule has 7 heteroatoms. The van der Waals surface area contributed by atoms with Crippen LogP contribution in [0.25, 0.3) is 0 Å². The van der Waals surface area contributed by atoms with E-state index in [4.69, 9.17) is 0 Å². The van der Waals surface area contributed by atoms with Gasteiger partial charge in [0, 0.05) is 17.7 Å². The van der Waals surface area contributed by atoms with Crippen LogP contribution in [0.2, 0.25) is 0 Å². The molecule has 0 unspecified atom stereocenters. The first-order chi connectivity index (χ1) is 11.4. The summed E-state index contributed by atoms with van der Waals surface area (Å²) in [5, 5.41) is 0.680. The lowest BCUT2D eigenvalue weighted by molar-refractivity contribution is -0.120. The van der Waals surface area contributed by atoms with Crippen LogP contribution in [-0.2, 0) is 21.1 Å². The summed E-state index contributed by atoms with van der Waals surface area (Å²) in [6.07, 6.45) is 0.805. The molecule has 0 radical (unpaired) electrons. The number of nitrogens with zero attached hydrogens (tertiary/aromatic N) is 2. The Morgan fingerprint density at radius 1 is 1.29 bits per heavy atom. The van der Waals surface area contributed by atoms with Gasteiger partial charge in [-0.15, -0.1) is 0 Å². The van der Waals surface area contributed by atoms with Crippen molar-refractivity contribution in [2.75, 3.05) is 18.1 Å². The third-order valence-electron chi connectivity index (χ3n) is 4.36. The van der Waals surface area contributed by atoms with Gasteiger partial charge in [0.2, 0.25) is 0 Å². The molecule has 3 rings (SSSR count). The maximum absolute atomic E-state index is 12.0. The van der Waals surface area contributed by atoms with Crippen molar-refractivity contribution in [3.8, 4) is 0 Å². The van der Waals surface area contributed by atoms with Gasteiger partial charge < -0.3 is 4.90 Å². The van der Waals surface area contributed by atoms with Crippen LogP contribution in [0.3, 0.4) is 0 Å². The van der Waals surface area contributed by atoms with Gasteiger partial charge in [0.25, 0.3) is 5.91 Å². The van der Waals surface area contributed by atoms with Gasteiger partial charge in [-0.05, 0) is 12.0 Å². The number of amides is 1. The molecule has 2 heterocycles. The predicted molar refractivity (Wildman–Crippen MR) is 98.0 cm³/mol. The Morgan fingerprint density at radius 2 is 2.00 bits per heavy atom. The molecule has 5 nitrogen and oxygen atoms in total. The van der Waals surface area contributed by atoms with Crippen LogP contribution in [0.1, 0.15) is 19.4 Å². The highest BCUT2D eigenvalue weighted by atomic mass is 32.2. The van der Waals surface area contributed by atoms with Gasteiger partial charge in [0.05, 0.1) is 17.5 Å². The van der Waals surface area contributed by atoms with E-state index in [1.54, 1.807) is 0 Å². The molecule has 24 heavy (non-hydrogen) atoms. The molecule has 2 saturated heterocycles. The summed E-state index contributed by atoms with van der Waals surface area (Å²) >= 11 is 1.45. The average molecular weight is 367 g/mol. The minimum atomic E-state index is -2.99. The molecule has 0 spiro atoms. The highest BCUT2D eigenvalue weighted by molar-refractivity contribution is 8.15. The Labute approximate surface area is 147 Å². The summed E-state index contributed by atoms with van der Waals surface area (Å²) < 4.78 is 23.9. The van der Waals surface area contributed by atoms with Crippen molar-refractivity contribution >= 4 is 32.7 Å². The number of benzene rings is 1. The van der Waals surface area contributed by atoms with Crippen molar-refractivity contribution in [1.82, 2.24) is 4.90 Å². The van der Waals surface area contributed by atoms with Crippen molar-refractivity contribution in [2.45, 2.75) is 31.6 Å². The van der Waals surface area contributed by atoms with Crippen LogP contribution >= 0.6 is 11.8 Å². The zero-order valence-corrected chi connectivity index (χ0v) is 15.5. The summed E-state index contributed by atoms with van der Waals surface area (Å²) in [5.41, 5.74) is 1.20. The molecule has 1 aromatic carbocycles. The Bertz CT molecular complexity index is 744. The van der Waals surface area contributed by atoms with E-state index >= 15 is 0 Å². The van der Waals surface area contributed by atoms with E-state index in [1.165, 1.54) is 17.3 Å². The summed E-state index contributed by atoms with van der Waals surface area (Å²) in [4.78, 5) is 18.3. The topological polar surface area (TPSA) is 66.8 Å². The minimum absolute atomic E-state index is 0.00974. The minimum Gasteiger partial charge on any atom is -0.346 e. The fraction of sp³-hybridized carbons (Fsp3) is 0.529. The van der Waals surface area contributed by atoms with Crippen molar-refractivity contribution in [3.05, 3.63) is 35.9 Å². The molecule has 2 fully saturated rings. The van der Waals surface area contributed by atoms with E-state index in [2.05, 4.69) is 17.1 Å². The molecule has 130 valence electrons. The van der Waals surface area contributed by atoms with E-state index in [0.717, 1.165) is 6.42 Å². The largest absolute Gasteiger partial charge is 0.346 e. The number of amidine groups is 1. The maximum atomic E-state index is 12.0. The molecule has 2 aliphatic heterocycles. The van der Waals surface area contributed by atoms with Crippen LogP contribution < -0.4 is 0 Å². The number of hydrogen-bond donors (Lipinski definition) is 0. The van der Waals surface area contributed by atoms with E-state index in [9.17, 15) is 13.2 Å². The monoisotopic (exact) mass is 366 g/mol. The first-order valence-electron chi connectivity index (χ1n) is 8.16. The van der Waals surface area contributed by atoms with Gasteiger partial charge in [0.15, 0.2) is 15.0 Å². The number of rotatable bonds is 4. The zero-order chi connectivity index (χ0) is 17.3. The SMILES string of the molecule is CC(C)C(=O)N=C1S[C@H]2CS(=O)(=O)C[C@H]2N1CCc1ccccc1. The van der Waals surface area contributed by atoms with Crippen molar-refractivity contribution < 1.29 is 13.2 Å². The number of fused-ring (bicyclic) bond motifs is 1. The quantitative estimate of drug-likeness (QED) is 0.815. The lowest BCUT2D eigenvalue weighted by Crippen LogP contribution is -2.39. The first-order valence-corrected chi connectivity index (χ1v) is 10.9. The molecule has 0 saturated carbocycles. The van der Waals surface area contributed by atoms with Crippen LogP contribution in [0.15, 0.2) is 35.3 Å². The molecule has 0 aromatic heterocycles. The third kappa shape index (κ3) is 3.83. The van der Waals surface area contributed by atoms with E-state index in [-0.39, 0.29) is 34.6 Å². The Balaban J connectivity index is 1.80. The molecule has 1 aromatic rings. The second-order valence-electron chi connectivity index (χ2n) is 6.62. The van der Waals surface area contributed by atoms with Crippen LogP contribution in [0, 0.1) is 5.92 Å². The highest BCUT2D eigenvalue weighted by Gasteiger charge is 2.48. The molecule has 0 N–H and O–H groups in total. The zero-order valence-electron chi connectivity index (χ0n) is 13.9. The molecular formula is C17H22N2O3S2. The number of hydrogen-bond acceptors (Lipinski definition) is 4. The smallest absolute Gasteiger partial charge is 0.250 e. The summed E-state index contributed by atoms with van der Waals surface area (Å²) in [7, 11) is -2.99. The summed E-state index contributed by atoms with van der Waals surface area (Å²) in [6.45, 7) is 4.33. The van der Waals surface area contributed by atoms with E-state index in [0.29, 0.717) is 11.7 Å². The normalized spacial score (nSPS) is 27.0. The van der Waals surface area contributed by atoms with Crippen molar-refractivity contribution in [1.29, 1.82) is 0 Å². The molecule has 0 aliphatic carbocycles. The number of carbonyl (C=O) groups excluding carboxylic acids is 1. The summed E-state index contributed by atoms with van der Waals surface area (Å²) in [5.74, 6) is 0.0382. The number of carbonyl (C=O) groups is 1. The van der Waals surface area contributed by atoms with Crippen LogP contribution in [0.4, 0.5) is 0 Å².